The van der Waals surface area contributed by atoms with E-state index in [1.807, 2.05) is 24.3 Å². The Balaban J connectivity index is 2.31. The van der Waals surface area contributed by atoms with Crippen LogP contribution in [-0.2, 0) is 0 Å². The summed E-state index contributed by atoms with van der Waals surface area (Å²) in [4.78, 5) is 17.1. The number of rotatable bonds is 0. The third kappa shape index (κ3) is 0.883. The number of aromatic nitrogens is 1. The van der Waals surface area contributed by atoms with Crippen molar-refractivity contribution < 1.29 is 0 Å². The predicted octanol–water partition coefficient (Wildman–Crippen LogP) is 0.926. The molecule has 0 fully saturated rings. The van der Waals surface area contributed by atoms with E-state index in [1.54, 1.807) is 0 Å². The molecule has 0 atom stereocenters. The minimum absolute atomic E-state index is 0.662. The topological polar surface area (TPSA) is 50.0 Å². The van der Waals surface area contributed by atoms with E-state index in [1.165, 1.54) is 6.34 Å². The maximum Gasteiger partial charge on any atom is 0.181 e. The van der Waals surface area contributed by atoms with Gasteiger partial charge in [0.2, 0.25) is 0 Å². The number of benzene rings is 1. The largest absolute Gasteiger partial charge is 0.233 e. The zero-order chi connectivity index (χ0) is 10.5. The van der Waals surface area contributed by atoms with Gasteiger partial charge in [-0.1, -0.05) is 18.2 Å². The Kier molecular flexibility index (Phi) is 1.28. The van der Waals surface area contributed by atoms with Crippen molar-refractivity contribution in [3.05, 3.63) is 51.6 Å². The van der Waals surface area contributed by atoms with Gasteiger partial charge in [0, 0.05) is 10.4 Å². The van der Waals surface area contributed by atoms with Gasteiger partial charge in [-0.3, -0.25) is 0 Å². The lowest BCUT2D eigenvalue weighted by Gasteiger charge is -1.91. The number of nitrogens with zero attached hydrogens (tertiary/aromatic N) is 4. The van der Waals surface area contributed by atoms with E-state index in [0.717, 1.165) is 27.3 Å². The molecule has 74 valence electrons. The van der Waals surface area contributed by atoms with Crippen LogP contribution in [0.2, 0.25) is 0 Å². The molecule has 0 amide bonds. The normalized spacial score (nSPS) is 13.8. The minimum Gasteiger partial charge on any atom is -0.233 e. The Hall–Kier alpha value is -2.36. The first kappa shape index (κ1) is 7.87. The molecule has 0 aliphatic carbocycles. The molecular formula is C12H6N4. The Bertz CT molecular complexity index is 850. The summed E-state index contributed by atoms with van der Waals surface area (Å²) in [7, 11) is 0. The average molecular weight is 206 g/mol. The first-order chi connectivity index (χ1) is 7.92. The molecule has 16 heavy (non-hydrogen) atoms. The van der Waals surface area contributed by atoms with Gasteiger partial charge in [-0.25, -0.2) is 20.0 Å². The molecule has 0 saturated heterocycles. The fourth-order valence-corrected chi connectivity index (χ4v) is 2.02. The van der Waals surface area contributed by atoms with Crippen LogP contribution in [0.15, 0.2) is 45.3 Å². The van der Waals surface area contributed by atoms with Crippen molar-refractivity contribution in [1.82, 2.24) is 4.98 Å². The molecular weight excluding hydrogens is 200 g/mol. The minimum atomic E-state index is 0.662. The molecule has 2 aliphatic heterocycles. The molecule has 1 aromatic carbocycles. The maximum absolute atomic E-state index is 4.47. The van der Waals surface area contributed by atoms with Gasteiger partial charge >= 0.3 is 0 Å². The second-order valence-corrected chi connectivity index (χ2v) is 3.70. The van der Waals surface area contributed by atoms with Crippen LogP contribution in [0, 0.1) is 10.4 Å². The van der Waals surface area contributed by atoms with E-state index < -0.39 is 0 Å². The van der Waals surface area contributed by atoms with Crippen LogP contribution < -0.4 is 10.8 Å². The molecule has 0 bridgehead atoms. The molecule has 4 nitrogen and oxygen atoms in total. The molecule has 0 N–H and O–H groups in total. The van der Waals surface area contributed by atoms with Crippen molar-refractivity contribution >= 4 is 17.8 Å². The van der Waals surface area contributed by atoms with Crippen LogP contribution in [0.4, 0.5) is 11.5 Å². The molecule has 2 aliphatic rings. The Labute approximate surface area is 90.1 Å². The SMILES string of the molecule is C1=Nc2cc3c(nc2=N1)N=c1ccccc1=3. The lowest BCUT2D eigenvalue weighted by molar-refractivity contribution is 1.15. The first-order valence-corrected chi connectivity index (χ1v) is 5.01. The van der Waals surface area contributed by atoms with Gasteiger partial charge in [-0.15, -0.1) is 0 Å². The Morgan fingerprint density at radius 3 is 2.94 bits per heavy atom. The quantitative estimate of drug-likeness (QED) is 0.539. The second kappa shape index (κ2) is 2.61. The van der Waals surface area contributed by atoms with Crippen LogP contribution in [0.5, 0.6) is 0 Å². The summed E-state index contributed by atoms with van der Waals surface area (Å²) in [6.45, 7) is 0. The number of hydrogen-bond acceptors (Lipinski definition) is 4. The van der Waals surface area contributed by atoms with Crippen molar-refractivity contribution in [2.24, 2.45) is 15.0 Å². The Morgan fingerprint density at radius 1 is 1.00 bits per heavy atom. The Morgan fingerprint density at radius 2 is 1.94 bits per heavy atom. The summed E-state index contributed by atoms with van der Waals surface area (Å²) >= 11 is 0. The zero-order valence-corrected chi connectivity index (χ0v) is 8.25. The van der Waals surface area contributed by atoms with E-state index >= 15 is 0 Å². The molecule has 1 aromatic heterocycles. The highest BCUT2D eigenvalue weighted by Gasteiger charge is 2.09. The predicted molar refractivity (Wildman–Crippen MR) is 58.5 cm³/mol. The summed E-state index contributed by atoms with van der Waals surface area (Å²) in [6, 6.07) is 10.0. The smallest absolute Gasteiger partial charge is 0.181 e. The van der Waals surface area contributed by atoms with Crippen LogP contribution >= 0.6 is 0 Å². The second-order valence-electron chi connectivity index (χ2n) is 3.70. The van der Waals surface area contributed by atoms with Crippen LogP contribution in [-0.4, -0.2) is 11.3 Å². The van der Waals surface area contributed by atoms with Gasteiger partial charge in [0.15, 0.2) is 11.3 Å². The molecule has 0 radical (unpaired) electrons. The van der Waals surface area contributed by atoms with E-state index in [9.17, 15) is 0 Å². The summed E-state index contributed by atoms with van der Waals surface area (Å²) in [5.74, 6) is 0.745. The van der Waals surface area contributed by atoms with Crippen molar-refractivity contribution in [3.8, 4) is 0 Å². The third-order valence-corrected chi connectivity index (χ3v) is 2.76. The van der Waals surface area contributed by atoms with Crippen molar-refractivity contribution in [2.75, 3.05) is 0 Å². The van der Waals surface area contributed by atoms with Crippen LogP contribution in [0.25, 0.3) is 0 Å². The fraction of sp³-hybridized carbons (Fsp3) is 0. The van der Waals surface area contributed by atoms with Crippen molar-refractivity contribution in [3.63, 3.8) is 0 Å². The maximum atomic E-state index is 4.47. The average Bonchev–Trinajstić information content (AvgIpc) is 2.88. The molecule has 3 heterocycles. The van der Waals surface area contributed by atoms with E-state index in [0.29, 0.717) is 5.49 Å². The molecule has 4 heteroatoms. The van der Waals surface area contributed by atoms with E-state index in [2.05, 4.69) is 26.0 Å². The van der Waals surface area contributed by atoms with Gasteiger partial charge in [0.05, 0.1) is 5.36 Å². The summed E-state index contributed by atoms with van der Waals surface area (Å²) < 4.78 is 0. The number of pyridine rings is 1. The summed E-state index contributed by atoms with van der Waals surface area (Å²) in [5, 5.41) is 3.14. The van der Waals surface area contributed by atoms with Gasteiger partial charge in [0.1, 0.15) is 12.0 Å². The van der Waals surface area contributed by atoms with Crippen LogP contribution in [0.3, 0.4) is 0 Å². The lowest BCUT2D eigenvalue weighted by atomic mass is 10.2. The van der Waals surface area contributed by atoms with Gasteiger partial charge in [0.25, 0.3) is 0 Å². The highest BCUT2D eigenvalue weighted by molar-refractivity contribution is 5.66. The van der Waals surface area contributed by atoms with E-state index in [4.69, 9.17) is 0 Å². The number of fused-ring (bicyclic) bond motifs is 3. The molecule has 4 rings (SSSR count). The number of para-hydroxylation sites is 1. The fourth-order valence-electron chi connectivity index (χ4n) is 2.02. The summed E-state index contributed by atoms with van der Waals surface area (Å²) in [5.41, 5.74) is 1.49. The van der Waals surface area contributed by atoms with Crippen molar-refractivity contribution in [1.29, 1.82) is 0 Å². The van der Waals surface area contributed by atoms with E-state index in [-0.39, 0.29) is 0 Å². The van der Waals surface area contributed by atoms with Gasteiger partial charge in [-0.05, 0) is 12.1 Å². The molecule has 0 saturated carbocycles. The zero-order valence-electron chi connectivity index (χ0n) is 8.25. The third-order valence-electron chi connectivity index (χ3n) is 2.76. The number of hydrogen-bond donors (Lipinski definition) is 0. The monoisotopic (exact) mass is 206 g/mol. The van der Waals surface area contributed by atoms with Gasteiger partial charge in [-0.2, -0.15) is 0 Å². The molecule has 0 unspecified atom stereocenters. The first-order valence-electron chi connectivity index (χ1n) is 5.01. The lowest BCUT2D eigenvalue weighted by Crippen LogP contribution is -2.04. The highest BCUT2D eigenvalue weighted by atomic mass is 15.0. The number of aliphatic imine (C=N–C) groups is 1. The van der Waals surface area contributed by atoms with Crippen LogP contribution in [0.1, 0.15) is 0 Å². The van der Waals surface area contributed by atoms with Crippen molar-refractivity contribution in [2.45, 2.75) is 0 Å². The summed E-state index contributed by atoms with van der Waals surface area (Å²) in [6.07, 6.45) is 1.53. The molecule has 2 aromatic rings. The van der Waals surface area contributed by atoms with Gasteiger partial charge < -0.3 is 0 Å². The molecule has 0 spiro atoms. The standard InChI is InChI=1S/C12H6N4/c1-2-4-9-7(3-1)8-5-10-12(14-6-13-10)16-11(8)15-9/h1-6H. The highest BCUT2D eigenvalue weighted by Crippen LogP contribution is 2.17.